The molecule has 2 heterocycles. The van der Waals surface area contributed by atoms with Gasteiger partial charge in [0, 0.05) is 11.1 Å². The van der Waals surface area contributed by atoms with Gasteiger partial charge < -0.3 is 4.42 Å². The van der Waals surface area contributed by atoms with Crippen LogP contribution < -0.4 is 0 Å². The highest BCUT2D eigenvalue weighted by atomic mass is 127. The molecule has 3 rings (SSSR count). The Kier molecular flexibility index (Phi) is 4.60. The molecule has 0 atom stereocenters. The lowest BCUT2D eigenvalue weighted by Gasteiger charge is -2.13. The molecule has 0 unspecified atom stereocenters. The fourth-order valence-corrected chi connectivity index (χ4v) is 3.42. The molecule has 1 aliphatic heterocycles. The van der Waals surface area contributed by atoms with Crippen molar-refractivity contribution in [2.45, 2.75) is 6.54 Å². The SMILES string of the molecule is O=C1S/C(=C\c2ccc(I)o2)C(=O)N1Cc1ccccc1Cl. The van der Waals surface area contributed by atoms with Gasteiger partial charge in [-0.2, -0.15) is 0 Å². The average molecular weight is 446 g/mol. The van der Waals surface area contributed by atoms with Gasteiger partial charge in [0.05, 0.1) is 11.4 Å². The van der Waals surface area contributed by atoms with E-state index in [2.05, 4.69) is 0 Å². The third-order valence-corrected chi connectivity index (χ3v) is 4.88. The third-order valence-electron chi connectivity index (χ3n) is 3.03. The van der Waals surface area contributed by atoms with E-state index >= 15 is 0 Å². The molecule has 22 heavy (non-hydrogen) atoms. The molecule has 7 heteroatoms. The number of thioether (sulfide) groups is 1. The van der Waals surface area contributed by atoms with Crippen LogP contribution in [-0.2, 0) is 11.3 Å². The van der Waals surface area contributed by atoms with Crippen molar-refractivity contribution in [3.8, 4) is 0 Å². The van der Waals surface area contributed by atoms with Crippen molar-refractivity contribution < 1.29 is 14.0 Å². The Morgan fingerprint density at radius 1 is 1.23 bits per heavy atom. The second-order valence-corrected chi connectivity index (χ2v) is 6.96. The standard InChI is InChI=1S/C15H9ClINO3S/c16-11-4-2-1-3-9(11)8-18-14(19)12(22-15(18)20)7-10-5-6-13(17)21-10/h1-7H,8H2/b12-7-. The number of carbonyl (C=O) groups excluding carboxylic acids is 2. The molecule has 0 bridgehead atoms. The van der Waals surface area contributed by atoms with E-state index in [1.165, 1.54) is 4.90 Å². The molecular weight excluding hydrogens is 437 g/mol. The predicted octanol–water partition coefficient (Wildman–Crippen LogP) is 4.77. The maximum Gasteiger partial charge on any atom is 0.293 e. The van der Waals surface area contributed by atoms with Gasteiger partial charge in [-0.1, -0.05) is 29.8 Å². The van der Waals surface area contributed by atoms with Gasteiger partial charge in [-0.25, -0.2) is 0 Å². The summed E-state index contributed by atoms with van der Waals surface area (Å²) in [7, 11) is 0. The molecule has 0 radical (unpaired) electrons. The van der Waals surface area contributed by atoms with Crippen LogP contribution in [0.5, 0.6) is 0 Å². The van der Waals surface area contributed by atoms with E-state index in [0.29, 0.717) is 15.7 Å². The quantitative estimate of drug-likeness (QED) is 0.504. The molecule has 0 N–H and O–H groups in total. The molecule has 0 aliphatic carbocycles. The normalized spacial score (nSPS) is 16.8. The van der Waals surface area contributed by atoms with Gasteiger partial charge in [-0.3, -0.25) is 14.5 Å². The molecule has 0 saturated carbocycles. The number of benzene rings is 1. The van der Waals surface area contributed by atoms with Crippen molar-refractivity contribution in [2.75, 3.05) is 0 Å². The van der Waals surface area contributed by atoms with E-state index in [-0.39, 0.29) is 17.7 Å². The number of carbonyl (C=O) groups is 2. The molecule has 1 aliphatic rings. The van der Waals surface area contributed by atoms with Gasteiger partial charge in [-0.15, -0.1) is 0 Å². The molecule has 1 aromatic carbocycles. The van der Waals surface area contributed by atoms with Crippen molar-refractivity contribution in [1.82, 2.24) is 4.90 Å². The van der Waals surface area contributed by atoms with Crippen molar-refractivity contribution in [2.24, 2.45) is 0 Å². The highest BCUT2D eigenvalue weighted by molar-refractivity contribution is 14.1. The zero-order valence-electron chi connectivity index (χ0n) is 11.1. The molecule has 4 nitrogen and oxygen atoms in total. The van der Waals surface area contributed by atoms with Crippen LogP contribution in [0.1, 0.15) is 11.3 Å². The van der Waals surface area contributed by atoms with Gasteiger partial charge in [0.15, 0.2) is 3.77 Å². The molecule has 1 saturated heterocycles. The first-order chi connectivity index (χ1) is 10.5. The first kappa shape index (κ1) is 15.6. The predicted molar refractivity (Wildman–Crippen MR) is 94.4 cm³/mol. The average Bonchev–Trinajstić information content (AvgIpc) is 3.00. The lowest BCUT2D eigenvalue weighted by Crippen LogP contribution is -2.27. The van der Waals surface area contributed by atoms with Crippen molar-refractivity contribution in [3.05, 3.63) is 61.4 Å². The number of amides is 2. The van der Waals surface area contributed by atoms with E-state index in [1.807, 2.05) is 28.7 Å². The molecule has 112 valence electrons. The van der Waals surface area contributed by atoms with Crippen molar-refractivity contribution in [1.29, 1.82) is 0 Å². The van der Waals surface area contributed by atoms with Gasteiger partial charge in [0.1, 0.15) is 5.76 Å². The van der Waals surface area contributed by atoms with E-state index in [9.17, 15) is 9.59 Å². The van der Waals surface area contributed by atoms with Gasteiger partial charge in [0.2, 0.25) is 0 Å². The fraction of sp³-hybridized carbons (Fsp3) is 0.0667. The summed E-state index contributed by atoms with van der Waals surface area (Å²) < 4.78 is 6.12. The van der Waals surface area contributed by atoms with Crippen LogP contribution in [0.3, 0.4) is 0 Å². The Morgan fingerprint density at radius 2 is 2.00 bits per heavy atom. The van der Waals surface area contributed by atoms with Crippen molar-refractivity contribution >= 4 is 63.2 Å². The van der Waals surface area contributed by atoms with Crippen LogP contribution in [0.15, 0.2) is 45.7 Å². The first-order valence-electron chi connectivity index (χ1n) is 6.29. The monoisotopic (exact) mass is 445 g/mol. The molecular formula is C15H9ClINO3S. The summed E-state index contributed by atoms with van der Waals surface area (Å²) in [4.78, 5) is 26.0. The van der Waals surface area contributed by atoms with Gasteiger partial charge >= 0.3 is 0 Å². The van der Waals surface area contributed by atoms with Crippen molar-refractivity contribution in [3.63, 3.8) is 0 Å². The summed E-state index contributed by atoms with van der Waals surface area (Å²) in [6.45, 7) is 0.164. The van der Waals surface area contributed by atoms with Crippen LogP contribution >= 0.6 is 46.0 Å². The Morgan fingerprint density at radius 3 is 2.68 bits per heavy atom. The third kappa shape index (κ3) is 3.23. The highest BCUT2D eigenvalue weighted by Gasteiger charge is 2.35. The number of halogens is 2. The fourth-order valence-electron chi connectivity index (χ4n) is 1.97. The van der Waals surface area contributed by atoms with Gasteiger partial charge in [-0.05, 0) is 58.1 Å². The Balaban J connectivity index is 1.83. The minimum absolute atomic E-state index is 0.164. The maximum absolute atomic E-state index is 12.4. The van der Waals surface area contributed by atoms with E-state index in [4.69, 9.17) is 16.0 Å². The first-order valence-corrected chi connectivity index (χ1v) is 8.56. The van der Waals surface area contributed by atoms with Crippen LogP contribution in [0.25, 0.3) is 6.08 Å². The van der Waals surface area contributed by atoms with Crippen LogP contribution in [0.4, 0.5) is 4.79 Å². The smallest absolute Gasteiger partial charge is 0.293 e. The van der Waals surface area contributed by atoms with Crippen LogP contribution in [-0.4, -0.2) is 16.0 Å². The summed E-state index contributed by atoms with van der Waals surface area (Å²) in [5, 5.41) is 0.226. The van der Waals surface area contributed by atoms with Crippen LogP contribution in [0.2, 0.25) is 5.02 Å². The number of furan rings is 1. The Labute approximate surface area is 149 Å². The topological polar surface area (TPSA) is 50.5 Å². The van der Waals surface area contributed by atoms with E-state index < -0.39 is 0 Å². The number of hydrogen-bond donors (Lipinski definition) is 0. The highest BCUT2D eigenvalue weighted by Crippen LogP contribution is 2.34. The summed E-state index contributed by atoms with van der Waals surface area (Å²) in [5.41, 5.74) is 0.736. The number of hydrogen-bond acceptors (Lipinski definition) is 4. The van der Waals surface area contributed by atoms with Crippen LogP contribution in [0, 0.1) is 3.77 Å². The molecule has 1 fully saturated rings. The summed E-state index contributed by atoms with van der Waals surface area (Å²) in [6, 6.07) is 10.7. The number of rotatable bonds is 3. The lowest BCUT2D eigenvalue weighted by molar-refractivity contribution is -0.123. The Hall–Kier alpha value is -1.25. The van der Waals surface area contributed by atoms with E-state index in [0.717, 1.165) is 21.1 Å². The molecule has 0 spiro atoms. The largest absolute Gasteiger partial charge is 0.451 e. The second kappa shape index (κ2) is 6.47. The number of nitrogens with zero attached hydrogens (tertiary/aromatic N) is 1. The minimum atomic E-state index is -0.332. The number of imide groups is 1. The second-order valence-electron chi connectivity index (χ2n) is 4.50. The maximum atomic E-state index is 12.4. The zero-order valence-corrected chi connectivity index (χ0v) is 14.8. The Bertz CT molecular complexity index is 787. The van der Waals surface area contributed by atoms with Gasteiger partial charge in [0.25, 0.3) is 11.1 Å². The summed E-state index contributed by atoms with van der Waals surface area (Å²) in [6.07, 6.45) is 1.58. The zero-order chi connectivity index (χ0) is 15.7. The molecule has 1 aromatic heterocycles. The molecule has 2 aromatic rings. The molecule has 2 amide bonds. The van der Waals surface area contributed by atoms with E-state index in [1.54, 1.807) is 36.4 Å². The lowest BCUT2D eigenvalue weighted by atomic mass is 10.2. The minimum Gasteiger partial charge on any atom is -0.451 e. The summed E-state index contributed by atoms with van der Waals surface area (Å²) >= 11 is 9.02. The summed E-state index contributed by atoms with van der Waals surface area (Å²) in [5.74, 6) is 0.217.